The number of hydrogen-bond donors (Lipinski definition) is 0. The lowest BCUT2D eigenvalue weighted by Crippen LogP contribution is -2.01. The van der Waals surface area contributed by atoms with E-state index in [2.05, 4.69) is 31.9 Å². The van der Waals surface area contributed by atoms with Crippen molar-refractivity contribution in [2.24, 2.45) is 0 Å². The predicted molar refractivity (Wildman–Crippen MR) is 73.7 cm³/mol. The van der Waals surface area contributed by atoms with Gasteiger partial charge < -0.3 is 0 Å². The molecule has 0 unspecified atom stereocenters. The van der Waals surface area contributed by atoms with Gasteiger partial charge in [0.05, 0.1) is 9.79 Å². The number of sulfone groups is 1. The summed E-state index contributed by atoms with van der Waals surface area (Å²) in [7, 11) is -3.44. The van der Waals surface area contributed by atoms with Gasteiger partial charge in [-0.2, -0.15) is 0 Å². The predicted octanol–water partition coefficient (Wildman–Crippen LogP) is 4.04. The third kappa shape index (κ3) is 2.78. The molecular formula is C12H8Br2O2S. The summed E-state index contributed by atoms with van der Waals surface area (Å²) in [5.41, 5.74) is 0. The second kappa shape index (κ2) is 4.92. The lowest BCUT2D eigenvalue weighted by molar-refractivity contribution is 0.596. The van der Waals surface area contributed by atoms with Crippen LogP contribution in [0.1, 0.15) is 0 Å². The van der Waals surface area contributed by atoms with Crippen LogP contribution in [0.2, 0.25) is 0 Å². The molecule has 0 saturated carbocycles. The van der Waals surface area contributed by atoms with Crippen LogP contribution >= 0.6 is 31.9 Å². The molecule has 5 heteroatoms. The number of benzene rings is 2. The lowest BCUT2D eigenvalue weighted by atomic mass is 10.4. The second-order valence-corrected chi connectivity index (χ2v) is 7.20. The molecule has 0 heterocycles. The van der Waals surface area contributed by atoms with Crippen LogP contribution in [-0.2, 0) is 9.84 Å². The van der Waals surface area contributed by atoms with E-state index in [1.54, 1.807) is 48.5 Å². The summed E-state index contributed by atoms with van der Waals surface area (Å²) in [6, 6.07) is 13.3. The first-order valence-corrected chi connectivity index (χ1v) is 7.83. The van der Waals surface area contributed by atoms with E-state index in [9.17, 15) is 8.42 Å². The van der Waals surface area contributed by atoms with Gasteiger partial charge in [0, 0.05) is 8.95 Å². The Morgan fingerprint density at radius 2 is 1.18 bits per heavy atom. The summed E-state index contributed by atoms with van der Waals surface area (Å²) in [5, 5.41) is 0. The van der Waals surface area contributed by atoms with Gasteiger partial charge in [-0.3, -0.25) is 0 Å². The molecule has 0 fully saturated rings. The number of rotatable bonds is 2. The van der Waals surface area contributed by atoms with Crippen LogP contribution in [0.5, 0.6) is 0 Å². The van der Waals surface area contributed by atoms with Crippen molar-refractivity contribution in [3.8, 4) is 0 Å². The minimum absolute atomic E-state index is 0.282. The van der Waals surface area contributed by atoms with E-state index in [1.807, 2.05) is 0 Å². The van der Waals surface area contributed by atoms with Gasteiger partial charge in [0.2, 0.25) is 9.84 Å². The van der Waals surface area contributed by atoms with Gasteiger partial charge >= 0.3 is 0 Å². The molecule has 2 aromatic rings. The molecule has 2 nitrogen and oxygen atoms in total. The van der Waals surface area contributed by atoms with E-state index in [1.165, 1.54) is 0 Å². The van der Waals surface area contributed by atoms with Crippen molar-refractivity contribution in [1.82, 2.24) is 0 Å². The second-order valence-electron chi connectivity index (χ2n) is 3.42. The zero-order valence-corrected chi connectivity index (χ0v) is 12.6. The normalized spacial score (nSPS) is 11.4. The molecular weight excluding hydrogens is 368 g/mol. The highest BCUT2D eigenvalue weighted by atomic mass is 79.9. The maximum absolute atomic E-state index is 12.3. The summed E-state index contributed by atoms with van der Waals surface area (Å²) in [5.74, 6) is 0. The van der Waals surface area contributed by atoms with Crippen LogP contribution in [-0.4, -0.2) is 8.42 Å². The Morgan fingerprint density at radius 3 is 1.53 bits per heavy atom. The Kier molecular flexibility index (Phi) is 3.70. The Bertz CT molecular complexity index is 600. The van der Waals surface area contributed by atoms with E-state index in [0.29, 0.717) is 0 Å². The van der Waals surface area contributed by atoms with Gasteiger partial charge in [-0.15, -0.1) is 0 Å². The van der Waals surface area contributed by atoms with Crippen LogP contribution < -0.4 is 0 Å². The molecule has 0 aliphatic carbocycles. The Balaban J connectivity index is 2.58. The highest BCUT2D eigenvalue weighted by molar-refractivity contribution is 9.10. The Hall–Kier alpha value is -0.650. The van der Waals surface area contributed by atoms with Crippen molar-refractivity contribution < 1.29 is 8.42 Å². The first-order chi connectivity index (χ1) is 8.00. The first kappa shape index (κ1) is 12.8. The molecule has 88 valence electrons. The van der Waals surface area contributed by atoms with Gasteiger partial charge in [-0.25, -0.2) is 8.42 Å². The maximum atomic E-state index is 12.3. The van der Waals surface area contributed by atoms with Crippen molar-refractivity contribution in [1.29, 1.82) is 0 Å². The number of halogens is 2. The third-order valence-electron chi connectivity index (χ3n) is 2.21. The minimum Gasteiger partial charge on any atom is -0.219 e. The highest BCUT2D eigenvalue weighted by Crippen LogP contribution is 2.25. The van der Waals surface area contributed by atoms with Crippen molar-refractivity contribution in [3.05, 3.63) is 57.5 Å². The topological polar surface area (TPSA) is 34.1 Å². The SMILES string of the molecule is O=S(=O)(c1cccc(Br)c1)c1cccc(Br)c1. The van der Waals surface area contributed by atoms with Crippen molar-refractivity contribution in [2.75, 3.05) is 0 Å². The maximum Gasteiger partial charge on any atom is 0.206 e. The molecule has 0 saturated heterocycles. The fraction of sp³-hybridized carbons (Fsp3) is 0. The summed E-state index contributed by atoms with van der Waals surface area (Å²) in [6.45, 7) is 0. The molecule has 0 amide bonds. The largest absolute Gasteiger partial charge is 0.219 e. The van der Waals surface area contributed by atoms with Crippen molar-refractivity contribution >= 4 is 41.7 Å². The standard InChI is InChI=1S/C12H8Br2O2S/c13-9-3-1-5-11(7-9)17(15,16)12-6-2-4-10(14)8-12/h1-8H. The van der Waals surface area contributed by atoms with Crippen LogP contribution in [0.15, 0.2) is 67.3 Å². The van der Waals surface area contributed by atoms with Crippen LogP contribution in [0.25, 0.3) is 0 Å². The monoisotopic (exact) mass is 374 g/mol. The van der Waals surface area contributed by atoms with Gasteiger partial charge in [0.1, 0.15) is 0 Å². The molecule has 0 bridgehead atoms. The molecule has 0 aliphatic heterocycles. The van der Waals surface area contributed by atoms with Crippen molar-refractivity contribution in [2.45, 2.75) is 9.79 Å². The summed E-state index contributed by atoms with van der Waals surface area (Å²) in [6.07, 6.45) is 0. The summed E-state index contributed by atoms with van der Waals surface area (Å²) >= 11 is 6.54. The molecule has 0 radical (unpaired) electrons. The first-order valence-electron chi connectivity index (χ1n) is 4.76. The van der Waals surface area contributed by atoms with Crippen LogP contribution in [0, 0.1) is 0 Å². The van der Waals surface area contributed by atoms with Crippen molar-refractivity contribution in [3.63, 3.8) is 0 Å². The highest BCUT2D eigenvalue weighted by Gasteiger charge is 2.17. The molecule has 0 N–H and O–H groups in total. The molecule has 2 rings (SSSR count). The summed E-state index contributed by atoms with van der Waals surface area (Å²) < 4.78 is 26.1. The Labute approximate surface area is 117 Å². The zero-order chi connectivity index (χ0) is 12.5. The van der Waals surface area contributed by atoms with E-state index >= 15 is 0 Å². The fourth-order valence-electron chi connectivity index (χ4n) is 1.40. The molecule has 2 aromatic carbocycles. The molecule has 0 spiro atoms. The van der Waals surface area contributed by atoms with Gasteiger partial charge in [0.15, 0.2) is 0 Å². The van der Waals surface area contributed by atoms with Crippen LogP contribution in [0.3, 0.4) is 0 Å². The average molecular weight is 376 g/mol. The molecule has 17 heavy (non-hydrogen) atoms. The molecule has 0 aromatic heterocycles. The van der Waals surface area contributed by atoms with E-state index in [-0.39, 0.29) is 9.79 Å². The third-order valence-corrected chi connectivity index (χ3v) is 4.95. The van der Waals surface area contributed by atoms with E-state index in [4.69, 9.17) is 0 Å². The van der Waals surface area contributed by atoms with Gasteiger partial charge in [-0.1, -0.05) is 44.0 Å². The van der Waals surface area contributed by atoms with E-state index in [0.717, 1.165) is 8.95 Å². The quantitative estimate of drug-likeness (QED) is 0.793. The van der Waals surface area contributed by atoms with Gasteiger partial charge in [-0.05, 0) is 36.4 Å². The van der Waals surface area contributed by atoms with E-state index < -0.39 is 9.84 Å². The molecule has 0 atom stereocenters. The number of hydrogen-bond acceptors (Lipinski definition) is 2. The zero-order valence-electron chi connectivity index (χ0n) is 8.60. The molecule has 0 aliphatic rings. The summed E-state index contributed by atoms with van der Waals surface area (Å²) in [4.78, 5) is 0.565. The average Bonchev–Trinajstić information content (AvgIpc) is 2.29. The van der Waals surface area contributed by atoms with Crippen LogP contribution in [0.4, 0.5) is 0 Å². The van der Waals surface area contributed by atoms with Gasteiger partial charge in [0.25, 0.3) is 0 Å². The smallest absolute Gasteiger partial charge is 0.206 e. The minimum atomic E-state index is -3.44. The lowest BCUT2D eigenvalue weighted by Gasteiger charge is -2.05. The fourth-order valence-corrected chi connectivity index (χ4v) is 3.86. The Morgan fingerprint density at radius 1 is 0.765 bits per heavy atom.